The van der Waals surface area contributed by atoms with Crippen LogP contribution >= 0.6 is 11.8 Å². The molecule has 0 saturated heterocycles. The summed E-state index contributed by atoms with van der Waals surface area (Å²) in [5, 5.41) is 7.78. The summed E-state index contributed by atoms with van der Waals surface area (Å²) >= 11 is 1.24. The molecule has 0 spiro atoms. The predicted octanol–water partition coefficient (Wildman–Crippen LogP) is 5.92. The number of hydrogen-bond donors (Lipinski definition) is 0. The fourth-order valence-electron chi connectivity index (χ4n) is 2.21. The van der Waals surface area contributed by atoms with Gasteiger partial charge in [-0.2, -0.15) is 13.2 Å². The van der Waals surface area contributed by atoms with E-state index in [4.69, 9.17) is 4.42 Å². The maximum Gasteiger partial charge on any atom is 0.416 e. The van der Waals surface area contributed by atoms with Crippen LogP contribution in [0.5, 0.6) is 0 Å². The summed E-state index contributed by atoms with van der Waals surface area (Å²) in [5.74, 6) is 0.768. The molecule has 0 aliphatic heterocycles. The van der Waals surface area contributed by atoms with E-state index in [9.17, 15) is 13.2 Å². The van der Waals surface area contributed by atoms with Crippen molar-refractivity contribution in [3.8, 4) is 11.5 Å². The van der Waals surface area contributed by atoms with Gasteiger partial charge >= 0.3 is 6.18 Å². The summed E-state index contributed by atoms with van der Waals surface area (Å²) in [6, 6.07) is 12.9. The van der Waals surface area contributed by atoms with E-state index in [1.165, 1.54) is 17.8 Å². The van der Waals surface area contributed by atoms with Gasteiger partial charge in [0.05, 0.1) is 10.8 Å². The molecular weight excluding hydrogens is 349 g/mol. The zero-order chi connectivity index (χ0) is 18.0. The number of rotatable bonds is 4. The van der Waals surface area contributed by atoms with Crippen LogP contribution in [0.3, 0.4) is 0 Å². The van der Waals surface area contributed by atoms with Gasteiger partial charge in [0, 0.05) is 10.5 Å². The van der Waals surface area contributed by atoms with Crippen LogP contribution in [0, 0.1) is 6.92 Å². The summed E-state index contributed by atoms with van der Waals surface area (Å²) in [6.45, 7) is 3.80. The third-order valence-corrected chi connectivity index (χ3v) is 4.64. The molecule has 3 aromatic rings. The summed E-state index contributed by atoms with van der Waals surface area (Å²) < 4.78 is 44.1. The van der Waals surface area contributed by atoms with Crippen LogP contribution < -0.4 is 0 Å². The molecule has 25 heavy (non-hydrogen) atoms. The van der Waals surface area contributed by atoms with Gasteiger partial charge in [-0.15, -0.1) is 22.0 Å². The first kappa shape index (κ1) is 17.5. The van der Waals surface area contributed by atoms with Crippen molar-refractivity contribution in [1.29, 1.82) is 0 Å². The second kappa shape index (κ2) is 6.92. The molecule has 0 fully saturated rings. The van der Waals surface area contributed by atoms with Gasteiger partial charge in [-0.05, 0) is 44.2 Å². The molecule has 0 bridgehead atoms. The number of alkyl halides is 3. The first-order valence-electron chi connectivity index (χ1n) is 7.57. The van der Waals surface area contributed by atoms with E-state index in [0.29, 0.717) is 16.7 Å². The lowest BCUT2D eigenvalue weighted by molar-refractivity contribution is -0.137. The highest BCUT2D eigenvalue weighted by molar-refractivity contribution is 7.99. The van der Waals surface area contributed by atoms with Gasteiger partial charge < -0.3 is 4.42 Å². The Labute approximate surface area is 147 Å². The molecule has 1 atom stereocenters. The molecule has 0 N–H and O–H groups in total. The Balaban J connectivity index is 1.76. The van der Waals surface area contributed by atoms with Gasteiger partial charge in [0.1, 0.15) is 0 Å². The third kappa shape index (κ3) is 4.22. The van der Waals surface area contributed by atoms with Crippen molar-refractivity contribution in [3.63, 3.8) is 0 Å². The van der Waals surface area contributed by atoms with Crippen LogP contribution in [0.15, 0.2) is 57.8 Å². The largest absolute Gasteiger partial charge is 0.419 e. The molecule has 3 rings (SSSR count). The van der Waals surface area contributed by atoms with Crippen LogP contribution in [0.1, 0.15) is 29.2 Å². The monoisotopic (exact) mass is 364 g/mol. The first-order chi connectivity index (χ1) is 11.8. The average molecular weight is 364 g/mol. The van der Waals surface area contributed by atoms with Crippen molar-refractivity contribution < 1.29 is 17.6 Å². The van der Waals surface area contributed by atoms with Crippen LogP contribution in [0.2, 0.25) is 0 Å². The highest BCUT2D eigenvalue weighted by Gasteiger charge is 2.30. The summed E-state index contributed by atoms with van der Waals surface area (Å²) in [5.41, 5.74) is 1.26. The van der Waals surface area contributed by atoms with E-state index in [-0.39, 0.29) is 5.25 Å². The van der Waals surface area contributed by atoms with Gasteiger partial charge in [-0.25, -0.2) is 0 Å². The Hall–Kier alpha value is -2.28. The first-order valence-corrected chi connectivity index (χ1v) is 8.45. The van der Waals surface area contributed by atoms with E-state index in [1.54, 1.807) is 6.07 Å². The normalized spacial score (nSPS) is 13.0. The Bertz CT molecular complexity index is 859. The number of hydrogen-bond acceptors (Lipinski definition) is 4. The van der Waals surface area contributed by atoms with Gasteiger partial charge in [-0.3, -0.25) is 0 Å². The van der Waals surface area contributed by atoms with Crippen molar-refractivity contribution in [2.45, 2.75) is 30.2 Å². The Morgan fingerprint density at radius 2 is 1.76 bits per heavy atom. The smallest absolute Gasteiger partial charge is 0.416 e. The number of halogens is 3. The molecule has 1 aromatic heterocycles. The van der Waals surface area contributed by atoms with Gasteiger partial charge in [0.25, 0.3) is 0 Å². The lowest BCUT2D eigenvalue weighted by Crippen LogP contribution is -2.04. The number of nitrogens with zero attached hydrogens (tertiary/aromatic N) is 2. The molecule has 2 aromatic carbocycles. The number of benzene rings is 2. The molecule has 0 radical (unpaired) electrons. The van der Waals surface area contributed by atoms with Gasteiger partial charge in [-0.1, -0.05) is 23.8 Å². The standard InChI is InChI=1S/C18H15F3N2OS/c1-11-6-8-13(9-7-11)17-23-22-16(24-17)12(2)25-15-5-3-4-14(10-15)18(19,20)21/h3-10,12H,1-2H3. The minimum absolute atomic E-state index is 0.268. The lowest BCUT2D eigenvalue weighted by Gasteiger charge is -2.10. The summed E-state index contributed by atoms with van der Waals surface area (Å²) in [7, 11) is 0. The number of thioether (sulfide) groups is 1. The van der Waals surface area contributed by atoms with E-state index >= 15 is 0 Å². The summed E-state index contributed by atoms with van der Waals surface area (Å²) in [4.78, 5) is 0.498. The van der Waals surface area contributed by atoms with Crippen molar-refractivity contribution in [2.24, 2.45) is 0 Å². The highest BCUT2D eigenvalue weighted by Crippen LogP contribution is 2.38. The summed E-state index contributed by atoms with van der Waals surface area (Å²) in [6.07, 6.45) is -4.36. The van der Waals surface area contributed by atoms with Crippen molar-refractivity contribution in [2.75, 3.05) is 0 Å². The number of aryl methyl sites for hydroxylation is 1. The fourth-order valence-corrected chi connectivity index (χ4v) is 3.17. The second-order valence-electron chi connectivity index (χ2n) is 5.60. The third-order valence-electron chi connectivity index (χ3n) is 3.56. The molecule has 0 saturated carbocycles. The van der Waals surface area contributed by atoms with Crippen molar-refractivity contribution in [3.05, 3.63) is 65.5 Å². The Morgan fingerprint density at radius 1 is 1.04 bits per heavy atom. The van der Waals surface area contributed by atoms with E-state index < -0.39 is 11.7 Å². The van der Waals surface area contributed by atoms with Crippen molar-refractivity contribution >= 4 is 11.8 Å². The minimum Gasteiger partial charge on any atom is -0.419 e. The molecule has 0 aliphatic carbocycles. The zero-order valence-corrected chi connectivity index (χ0v) is 14.4. The molecule has 0 amide bonds. The van der Waals surface area contributed by atoms with Crippen LogP contribution in [-0.4, -0.2) is 10.2 Å². The number of aromatic nitrogens is 2. The second-order valence-corrected chi connectivity index (χ2v) is 7.01. The van der Waals surface area contributed by atoms with E-state index in [1.807, 2.05) is 38.1 Å². The minimum atomic E-state index is -4.36. The predicted molar refractivity (Wildman–Crippen MR) is 90.2 cm³/mol. The SMILES string of the molecule is Cc1ccc(-c2nnc(C(C)Sc3cccc(C(F)(F)F)c3)o2)cc1. The van der Waals surface area contributed by atoms with Crippen molar-refractivity contribution in [1.82, 2.24) is 10.2 Å². The average Bonchev–Trinajstić information content (AvgIpc) is 3.05. The topological polar surface area (TPSA) is 38.9 Å². The Kier molecular flexibility index (Phi) is 4.85. The van der Waals surface area contributed by atoms with Crippen LogP contribution in [0.4, 0.5) is 13.2 Å². The maximum atomic E-state index is 12.8. The van der Waals surface area contributed by atoms with Gasteiger partial charge in [0.2, 0.25) is 11.8 Å². The van der Waals surface area contributed by atoms with Gasteiger partial charge in [0.15, 0.2) is 0 Å². The molecule has 7 heteroatoms. The Morgan fingerprint density at radius 3 is 2.44 bits per heavy atom. The fraction of sp³-hybridized carbons (Fsp3) is 0.222. The molecular formula is C18H15F3N2OS. The highest BCUT2D eigenvalue weighted by atomic mass is 32.2. The lowest BCUT2D eigenvalue weighted by atomic mass is 10.1. The van der Waals surface area contributed by atoms with Crippen LogP contribution in [0.25, 0.3) is 11.5 Å². The molecule has 130 valence electrons. The van der Waals surface area contributed by atoms with Crippen LogP contribution in [-0.2, 0) is 6.18 Å². The maximum absolute atomic E-state index is 12.8. The zero-order valence-electron chi connectivity index (χ0n) is 13.5. The van der Waals surface area contributed by atoms with E-state index in [0.717, 1.165) is 23.3 Å². The quantitative estimate of drug-likeness (QED) is 0.539. The molecule has 1 unspecified atom stereocenters. The molecule has 0 aliphatic rings. The van der Waals surface area contributed by atoms with E-state index in [2.05, 4.69) is 10.2 Å². The molecule has 3 nitrogen and oxygen atoms in total. The molecule has 1 heterocycles.